The molecule has 0 N–H and O–H groups in total. The van der Waals surface area contributed by atoms with Crippen LogP contribution in [0.15, 0.2) is 60.7 Å². The quantitative estimate of drug-likeness (QED) is 0.588. The van der Waals surface area contributed by atoms with Gasteiger partial charge in [-0.2, -0.15) is 0 Å². The fraction of sp³-hybridized carbons (Fsp3) is 0.333. The van der Waals surface area contributed by atoms with Gasteiger partial charge in [-0.25, -0.2) is 0 Å². The molecule has 1 atom stereocenters. The third-order valence-electron chi connectivity index (χ3n) is 3.85. The van der Waals surface area contributed by atoms with Crippen molar-refractivity contribution in [1.29, 1.82) is 0 Å². The van der Waals surface area contributed by atoms with Crippen LogP contribution in [0.2, 0.25) is 0 Å². The van der Waals surface area contributed by atoms with Crippen molar-refractivity contribution in [3.63, 3.8) is 0 Å². The van der Waals surface area contributed by atoms with Gasteiger partial charge in [0.05, 0.1) is 5.60 Å². The third-order valence-corrected chi connectivity index (χ3v) is 7.73. The van der Waals surface area contributed by atoms with Gasteiger partial charge in [0.25, 0.3) is 0 Å². The molecule has 0 aliphatic rings. The van der Waals surface area contributed by atoms with E-state index in [2.05, 4.69) is 81.4 Å². The molecule has 2 aromatic rings. The Morgan fingerprint density at radius 2 is 1.38 bits per heavy atom. The van der Waals surface area contributed by atoms with Gasteiger partial charge in [-0.15, -0.1) is 0 Å². The highest BCUT2D eigenvalue weighted by Crippen LogP contribution is 2.42. The molecule has 2 aromatic carbocycles. The van der Waals surface area contributed by atoms with Crippen LogP contribution >= 0.6 is 7.92 Å². The summed E-state index contributed by atoms with van der Waals surface area (Å²) in [6, 6.07) is 21.8. The van der Waals surface area contributed by atoms with Crippen LogP contribution < -0.4 is 10.6 Å². The molecule has 21 heavy (non-hydrogen) atoms. The zero-order valence-electron chi connectivity index (χ0n) is 13.4. The highest BCUT2D eigenvalue weighted by atomic mass is 31.1. The Bertz CT molecular complexity index is 502. The smallest absolute Gasteiger partial charge is 0.146 e. The van der Waals surface area contributed by atoms with Crippen molar-refractivity contribution in [2.24, 2.45) is 0 Å². The lowest BCUT2D eigenvalue weighted by atomic mass is 10.0. The normalized spacial score (nSPS) is 13.5. The van der Waals surface area contributed by atoms with Gasteiger partial charge in [0.1, 0.15) is 10.5 Å². The highest BCUT2D eigenvalue weighted by molar-refractivity contribution is 7.73. The van der Waals surface area contributed by atoms with E-state index in [1.807, 2.05) is 0 Å². The summed E-state index contributed by atoms with van der Waals surface area (Å²) in [6.07, 6.45) is 1.09. The van der Waals surface area contributed by atoms with E-state index < -0.39 is 0 Å². The van der Waals surface area contributed by atoms with Crippen LogP contribution in [0.5, 0.6) is 0 Å². The van der Waals surface area contributed by atoms with Gasteiger partial charge in [0, 0.05) is 0 Å². The topological polar surface area (TPSA) is 9.23 Å². The molecule has 0 spiro atoms. The zero-order valence-corrected chi connectivity index (χ0v) is 16.3. The number of hydrogen-bond donors (Lipinski definition) is 0. The molecule has 0 aromatic heterocycles. The second-order valence-corrected chi connectivity index (χ2v) is 9.12. The fourth-order valence-electron chi connectivity index (χ4n) is 2.72. The zero-order chi connectivity index (χ0) is 15.3. The summed E-state index contributed by atoms with van der Waals surface area (Å²) in [4.78, 5) is 0. The van der Waals surface area contributed by atoms with E-state index in [0.29, 0.717) is 5.66 Å². The minimum atomic E-state index is -0.347. The first kappa shape index (κ1) is 16.4. The van der Waals surface area contributed by atoms with Crippen LogP contribution in [0.4, 0.5) is 0 Å². The van der Waals surface area contributed by atoms with Crippen molar-refractivity contribution in [2.75, 3.05) is 0 Å². The van der Waals surface area contributed by atoms with Crippen molar-refractivity contribution in [1.82, 2.24) is 0 Å². The monoisotopic (exact) mass is 316 g/mol. The van der Waals surface area contributed by atoms with Crippen molar-refractivity contribution in [2.45, 2.75) is 38.5 Å². The van der Waals surface area contributed by atoms with E-state index in [0.717, 1.165) is 16.9 Å². The molecule has 0 radical (unpaired) electrons. The molecule has 0 saturated carbocycles. The lowest BCUT2D eigenvalue weighted by molar-refractivity contribution is 0.113. The first-order valence-electron chi connectivity index (χ1n) is 7.48. The summed E-state index contributed by atoms with van der Waals surface area (Å²) in [5, 5.41) is 2.91. The second-order valence-electron chi connectivity index (χ2n) is 6.06. The maximum atomic E-state index is 5.78. The Labute approximate surface area is 133 Å². The maximum Gasteiger partial charge on any atom is 0.146 e. The molecule has 1 unspecified atom stereocenters. The molecule has 2 rings (SSSR count). The standard InChI is InChI=1S/C18H25OPSi/c1-15(14-18(2,3)19-21)20(16-10-6-4-7-11-16)17-12-8-5-9-13-17/h4-13,15H,14H2,1-3,21H3. The highest BCUT2D eigenvalue weighted by Gasteiger charge is 2.27. The van der Waals surface area contributed by atoms with E-state index in [4.69, 9.17) is 4.43 Å². The van der Waals surface area contributed by atoms with E-state index in [1.54, 1.807) is 0 Å². The molecule has 0 aliphatic heterocycles. The molecule has 0 bridgehead atoms. The number of hydrogen-bond acceptors (Lipinski definition) is 1. The molecular weight excluding hydrogens is 291 g/mol. The SMILES string of the molecule is CC(CC(C)(C)O[SiH3])P(c1ccccc1)c1ccccc1. The Morgan fingerprint density at radius 1 is 0.952 bits per heavy atom. The minimum absolute atomic E-state index is 0.0181. The third kappa shape index (κ3) is 4.51. The maximum absolute atomic E-state index is 5.78. The predicted molar refractivity (Wildman–Crippen MR) is 98.3 cm³/mol. The molecule has 0 amide bonds. The Morgan fingerprint density at radius 3 is 1.76 bits per heavy atom. The van der Waals surface area contributed by atoms with Crippen molar-refractivity contribution >= 4 is 29.0 Å². The van der Waals surface area contributed by atoms with Gasteiger partial charge in [0.15, 0.2) is 0 Å². The van der Waals surface area contributed by atoms with Gasteiger partial charge >= 0.3 is 0 Å². The van der Waals surface area contributed by atoms with Crippen LogP contribution in [-0.2, 0) is 4.43 Å². The van der Waals surface area contributed by atoms with Crippen LogP contribution in [0.1, 0.15) is 27.2 Å². The number of rotatable bonds is 6. The second kappa shape index (κ2) is 7.35. The molecule has 112 valence electrons. The van der Waals surface area contributed by atoms with Crippen LogP contribution in [-0.4, -0.2) is 21.7 Å². The lowest BCUT2D eigenvalue weighted by Gasteiger charge is -2.32. The minimum Gasteiger partial charge on any atom is -0.423 e. The Kier molecular flexibility index (Phi) is 5.75. The van der Waals surface area contributed by atoms with E-state index in [-0.39, 0.29) is 13.5 Å². The lowest BCUT2D eigenvalue weighted by Crippen LogP contribution is -2.30. The van der Waals surface area contributed by atoms with Gasteiger partial charge in [-0.3, -0.25) is 0 Å². The van der Waals surface area contributed by atoms with E-state index in [9.17, 15) is 0 Å². The average molecular weight is 316 g/mol. The molecule has 3 heteroatoms. The summed E-state index contributed by atoms with van der Waals surface area (Å²) >= 11 is 0. The average Bonchev–Trinajstić information content (AvgIpc) is 2.49. The van der Waals surface area contributed by atoms with E-state index >= 15 is 0 Å². The molecule has 0 saturated heterocycles. The summed E-state index contributed by atoms with van der Waals surface area (Å²) in [5.41, 5.74) is 0.573. The van der Waals surface area contributed by atoms with Crippen molar-refractivity contribution in [3.05, 3.63) is 60.7 Å². The summed E-state index contributed by atoms with van der Waals surface area (Å²) in [7, 11) is 0.449. The summed E-state index contributed by atoms with van der Waals surface area (Å²) < 4.78 is 5.78. The van der Waals surface area contributed by atoms with Crippen LogP contribution in [0.25, 0.3) is 0 Å². The summed E-state index contributed by atoms with van der Waals surface area (Å²) in [5.74, 6) is 0. The molecule has 1 nitrogen and oxygen atoms in total. The van der Waals surface area contributed by atoms with Crippen LogP contribution in [0, 0.1) is 0 Å². The first-order valence-corrected chi connectivity index (χ1v) is 9.71. The first-order chi connectivity index (χ1) is 10.0. The Balaban J connectivity index is 2.33. The molecule has 0 fully saturated rings. The fourth-order valence-corrected chi connectivity index (χ4v) is 5.81. The predicted octanol–water partition coefficient (Wildman–Crippen LogP) is 2.97. The van der Waals surface area contributed by atoms with Gasteiger partial charge in [-0.1, -0.05) is 67.6 Å². The Hall–Kier alpha value is -0.953. The van der Waals surface area contributed by atoms with E-state index in [1.165, 1.54) is 10.6 Å². The van der Waals surface area contributed by atoms with Gasteiger partial charge in [0.2, 0.25) is 0 Å². The number of benzene rings is 2. The molecular formula is C18H25OPSi. The largest absolute Gasteiger partial charge is 0.423 e. The van der Waals surface area contributed by atoms with Crippen molar-refractivity contribution in [3.8, 4) is 0 Å². The molecule has 0 aliphatic carbocycles. The van der Waals surface area contributed by atoms with Crippen molar-refractivity contribution < 1.29 is 4.43 Å². The molecule has 0 heterocycles. The van der Waals surface area contributed by atoms with Gasteiger partial charge < -0.3 is 4.43 Å². The van der Waals surface area contributed by atoms with Crippen LogP contribution in [0.3, 0.4) is 0 Å². The van der Waals surface area contributed by atoms with Gasteiger partial charge in [-0.05, 0) is 44.5 Å². The summed E-state index contributed by atoms with van der Waals surface area (Å²) in [6.45, 7) is 6.79.